The molecule has 1 aromatic rings. The molecule has 1 aromatic carbocycles. The first-order valence-corrected chi connectivity index (χ1v) is 13.1. The average molecular weight is 440 g/mol. The smallest absolute Gasteiger partial charge is 0.328 e. The molecule has 0 bridgehead atoms. The minimum Gasteiger partial charge on any atom is -0.425 e. The van der Waals surface area contributed by atoms with Crippen molar-refractivity contribution < 1.29 is 9.53 Å². The van der Waals surface area contributed by atoms with Crippen LogP contribution in [0.5, 0.6) is 5.75 Å². The van der Waals surface area contributed by atoms with E-state index in [4.69, 9.17) is 10.5 Å². The summed E-state index contributed by atoms with van der Waals surface area (Å²) in [5.74, 6) is 1.87. The Kier molecular flexibility index (Phi) is 6.29. The first-order chi connectivity index (χ1) is 15.0. The number of carbonyl (C=O) groups excluding carboxylic acids is 1. The molecular weight excluding hydrogens is 394 g/mol. The monoisotopic (exact) mass is 439 g/mol. The molecular formula is C29H45NO2. The molecule has 0 aromatic heterocycles. The number of esters is 1. The van der Waals surface area contributed by atoms with E-state index in [9.17, 15) is 4.79 Å². The Balaban J connectivity index is 1.58. The van der Waals surface area contributed by atoms with Crippen LogP contribution in [0.25, 0.3) is 0 Å². The van der Waals surface area contributed by atoms with Crippen LogP contribution in [-0.2, 0) is 16.6 Å². The average Bonchev–Trinajstić information content (AvgIpc) is 3.01. The van der Waals surface area contributed by atoms with Gasteiger partial charge in [-0.05, 0) is 102 Å². The molecule has 0 radical (unpaired) electrons. The van der Waals surface area contributed by atoms with E-state index in [1.54, 1.807) is 0 Å². The highest BCUT2D eigenvalue weighted by molar-refractivity contribution is 5.78. The summed E-state index contributed by atoms with van der Waals surface area (Å²) in [4.78, 5) is 12.6. The van der Waals surface area contributed by atoms with Crippen molar-refractivity contribution in [3.63, 3.8) is 0 Å². The number of hydrogen-bond acceptors (Lipinski definition) is 3. The van der Waals surface area contributed by atoms with Gasteiger partial charge >= 0.3 is 5.97 Å². The first-order valence-electron chi connectivity index (χ1n) is 13.1. The van der Waals surface area contributed by atoms with Crippen LogP contribution in [0, 0.1) is 29.6 Å². The number of nitrogens with two attached hydrogens (primary N) is 1. The quantitative estimate of drug-likeness (QED) is 0.299. The van der Waals surface area contributed by atoms with Crippen molar-refractivity contribution in [1.29, 1.82) is 0 Å². The van der Waals surface area contributed by atoms with E-state index >= 15 is 0 Å². The number of unbranched alkanes of at least 4 members (excludes halogenated alkanes) is 2. The zero-order valence-corrected chi connectivity index (χ0v) is 21.4. The minimum atomic E-state index is -0.528. The van der Waals surface area contributed by atoms with Gasteiger partial charge in [-0.1, -0.05) is 60.3 Å². The summed E-state index contributed by atoms with van der Waals surface area (Å²) >= 11 is 0. The Morgan fingerprint density at radius 2 is 1.88 bits per heavy atom. The predicted molar refractivity (Wildman–Crippen MR) is 132 cm³/mol. The van der Waals surface area contributed by atoms with Gasteiger partial charge in [0, 0.05) is 0 Å². The standard InChI is InChI=1S/C29H45NO2/c1-7-8-9-11-22(30)26(31)32-21-16-19(2)25-20(17-21)18-24-28(5)14-10-13-27(3,4)23(28)12-15-29(24,25)6/h16-17,22-24H,7-15,18,30H2,1-6H3/t22?,23-,24+,28-,29-/m0/s1. The summed E-state index contributed by atoms with van der Waals surface area (Å²) in [7, 11) is 0. The number of benzene rings is 1. The fourth-order valence-corrected chi connectivity index (χ4v) is 8.41. The normalized spacial score (nSPS) is 33.7. The molecule has 3 aliphatic carbocycles. The van der Waals surface area contributed by atoms with Crippen LogP contribution < -0.4 is 10.5 Å². The highest BCUT2D eigenvalue weighted by atomic mass is 16.5. The van der Waals surface area contributed by atoms with Gasteiger partial charge in [-0.25, -0.2) is 4.79 Å². The van der Waals surface area contributed by atoms with E-state index in [-0.39, 0.29) is 11.4 Å². The molecule has 4 rings (SSSR count). The molecule has 0 aliphatic heterocycles. The molecule has 3 aliphatic rings. The van der Waals surface area contributed by atoms with Crippen LogP contribution in [0.2, 0.25) is 0 Å². The van der Waals surface area contributed by atoms with Crippen LogP contribution >= 0.6 is 0 Å². The molecule has 2 saturated carbocycles. The fraction of sp³-hybridized carbons (Fsp3) is 0.759. The third-order valence-electron chi connectivity index (χ3n) is 9.82. The molecule has 1 unspecified atom stereocenters. The zero-order chi connectivity index (χ0) is 23.3. The molecule has 0 spiro atoms. The largest absolute Gasteiger partial charge is 0.425 e. The number of ether oxygens (including phenoxy) is 1. The van der Waals surface area contributed by atoms with Crippen LogP contribution in [0.15, 0.2) is 12.1 Å². The number of rotatable bonds is 6. The number of hydrogen-bond donors (Lipinski definition) is 1. The van der Waals surface area contributed by atoms with E-state index in [2.05, 4.69) is 53.7 Å². The second-order valence-electron chi connectivity index (χ2n) is 12.4. The molecule has 2 fully saturated rings. The van der Waals surface area contributed by atoms with Gasteiger partial charge in [0.25, 0.3) is 0 Å². The van der Waals surface area contributed by atoms with Crippen molar-refractivity contribution in [1.82, 2.24) is 0 Å². The fourth-order valence-electron chi connectivity index (χ4n) is 8.41. The molecule has 178 valence electrons. The number of carbonyl (C=O) groups is 1. The van der Waals surface area contributed by atoms with E-state index in [1.807, 2.05) is 0 Å². The summed E-state index contributed by atoms with van der Waals surface area (Å²) in [6.45, 7) is 14.5. The maximum absolute atomic E-state index is 12.6. The van der Waals surface area contributed by atoms with Gasteiger partial charge in [-0.2, -0.15) is 0 Å². The highest BCUT2D eigenvalue weighted by Crippen LogP contribution is 2.67. The maximum Gasteiger partial charge on any atom is 0.328 e. The molecule has 5 atom stereocenters. The molecule has 32 heavy (non-hydrogen) atoms. The van der Waals surface area contributed by atoms with Gasteiger partial charge in [0.15, 0.2) is 0 Å². The number of aryl methyl sites for hydroxylation is 1. The highest BCUT2D eigenvalue weighted by Gasteiger charge is 2.61. The Morgan fingerprint density at radius 1 is 1.12 bits per heavy atom. The third-order valence-corrected chi connectivity index (χ3v) is 9.82. The summed E-state index contributed by atoms with van der Waals surface area (Å²) in [6.07, 6.45) is 11.7. The minimum absolute atomic E-state index is 0.233. The molecule has 2 N–H and O–H groups in total. The topological polar surface area (TPSA) is 52.3 Å². The van der Waals surface area contributed by atoms with Crippen molar-refractivity contribution in [3.8, 4) is 5.75 Å². The molecule has 3 heteroatoms. The predicted octanol–water partition coefficient (Wildman–Crippen LogP) is 6.86. The molecule has 0 saturated heterocycles. The van der Waals surface area contributed by atoms with Crippen molar-refractivity contribution in [2.24, 2.45) is 28.4 Å². The maximum atomic E-state index is 12.6. The lowest BCUT2D eigenvalue weighted by molar-refractivity contribution is -0.136. The number of fused-ring (bicyclic) bond motifs is 5. The summed E-state index contributed by atoms with van der Waals surface area (Å²) in [5.41, 5.74) is 11.4. The summed E-state index contributed by atoms with van der Waals surface area (Å²) < 4.78 is 5.80. The van der Waals surface area contributed by atoms with E-state index < -0.39 is 6.04 Å². The second kappa shape index (κ2) is 8.46. The second-order valence-corrected chi connectivity index (χ2v) is 12.4. The van der Waals surface area contributed by atoms with Crippen molar-refractivity contribution in [2.75, 3.05) is 0 Å². The Bertz CT molecular complexity index is 874. The lowest BCUT2D eigenvalue weighted by Gasteiger charge is -2.61. The Labute approximate surface area is 195 Å². The van der Waals surface area contributed by atoms with E-state index in [0.29, 0.717) is 28.9 Å². The molecule has 0 heterocycles. The van der Waals surface area contributed by atoms with Gasteiger partial charge in [0.2, 0.25) is 0 Å². The summed E-state index contributed by atoms with van der Waals surface area (Å²) in [5, 5.41) is 0. The lowest BCUT2D eigenvalue weighted by Crippen LogP contribution is -2.55. The van der Waals surface area contributed by atoms with E-state index in [0.717, 1.165) is 31.6 Å². The van der Waals surface area contributed by atoms with Gasteiger partial charge in [0.1, 0.15) is 11.8 Å². The first kappa shape index (κ1) is 23.8. The Hall–Kier alpha value is -1.35. The van der Waals surface area contributed by atoms with Gasteiger partial charge in [0.05, 0.1) is 0 Å². The van der Waals surface area contributed by atoms with Crippen molar-refractivity contribution in [2.45, 2.75) is 117 Å². The van der Waals surface area contributed by atoms with Gasteiger partial charge in [-0.3, -0.25) is 0 Å². The lowest BCUT2D eigenvalue weighted by atomic mass is 9.43. The van der Waals surface area contributed by atoms with E-state index in [1.165, 1.54) is 48.8 Å². The zero-order valence-electron chi connectivity index (χ0n) is 21.4. The molecule has 3 nitrogen and oxygen atoms in total. The Morgan fingerprint density at radius 3 is 2.59 bits per heavy atom. The molecule has 0 amide bonds. The van der Waals surface area contributed by atoms with Crippen LogP contribution in [0.1, 0.15) is 109 Å². The van der Waals surface area contributed by atoms with Crippen LogP contribution in [0.3, 0.4) is 0 Å². The van der Waals surface area contributed by atoms with Crippen molar-refractivity contribution >= 4 is 5.97 Å². The summed E-state index contributed by atoms with van der Waals surface area (Å²) in [6, 6.07) is 3.72. The van der Waals surface area contributed by atoms with Crippen molar-refractivity contribution in [3.05, 3.63) is 28.8 Å². The van der Waals surface area contributed by atoms with Crippen LogP contribution in [-0.4, -0.2) is 12.0 Å². The van der Waals surface area contributed by atoms with Gasteiger partial charge in [-0.15, -0.1) is 0 Å². The van der Waals surface area contributed by atoms with Crippen LogP contribution in [0.4, 0.5) is 0 Å². The third kappa shape index (κ3) is 3.83. The van der Waals surface area contributed by atoms with Gasteiger partial charge < -0.3 is 10.5 Å². The SMILES string of the molecule is CCCCCC(N)C(=O)Oc1cc(C)c2c(c1)C[C@@H]1[C@@]3(C)CCCC(C)(C)[C@@H]3CC[C@]21C.